The molecule has 0 saturated heterocycles. The molecule has 0 aliphatic carbocycles. The number of benzene rings is 1. The van der Waals surface area contributed by atoms with Crippen molar-refractivity contribution < 1.29 is 38.5 Å². The van der Waals surface area contributed by atoms with Crippen molar-refractivity contribution in [2.45, 2.75) is 19.5 Å². The molecule has 1 rings (SSSR count). The van der Waals surface area contributed by atoms with E-state index in [0.29, 0.717) is 6.42 Å². The largest absolute Gasteiger partial charge is 0.458 e. The van der Waals surface area contributed by atoms with Crippen LogP contribution in [0.5, 0.6) is 0 Å². The molecule has 12 heteroatoms. The maximum Gasteiger partial charge on any atom is 0.458 e. The van der Waals surface area contributed by atoms with Gasteiger partial charge in [-0.25, -0.2) is 0 Å². The summed E-state index contributed by atoms with van der Waals surface area (Å²) in [5.41, 5.74) is 4.07. The maximum atomic E-state index is 12.0. The van der Waals surface area contributed by atoms with Crippen molar-refractivity contribution in [3.05, 3.63) is 29.8 Å². The Morgan fingerprint density at radius 3 is 2.08 bits per heavy atom. The number of nitrogen functional groups attached to an aromatic ring is 1. The molecular formula is C12H18F3N2O5S2+. The summed E-state index contributed by atoms with van der Waals surface area (Å²) in [6.45, 7) is 1.82. The summed E-state index contributed by atoms with van der Waals surface area (Å²) in [5, 5.41) is 0. The molecular weight excluding hydrogens is 373 g/mol. The average molecular weight is 391 g/mol. The van der Waals surface area contributed by atoms with Crippen molar-refractivity contribution in [1.82, 2.24) is 0 Å². The Balaban J connectivity index is 0.000000446. The summed E-state index contributed by atoms with van der Waals surface area (Å²) >= 11 is 0. The Morgan fingerprint density at radius 1 is 1.21 bits per heavy atom. The van der Waals surface area contributed by atoms with Gasteiger partial charge in [-0.2, -0.15) is 21.6 Å². The highest BCUT2D eigenvalue weighted by molar-refractivity contribution is 7.85. The van der Waals surface area contributed by atoms with Gasteiger partial charge in [-0.1, -0.05) is 19.1 Å². The number of halogens is 3. The van der Waals surface area contributed by atoms with Crippen LogP contribution in [-0.4, -0.2) is 44.2 Å². The maximum absolute atomic E-state index is 12.0. The first-order valence-electron chi connectivity index (χ1n) is 6.59. The van der Waals surface area contributed by atoms with Crippen molar-refractivity contribution in [3.8, 4) is 0 Å². The van der Waals surface area contributed by atoms with E-state index in [1.807, 2.05) is 0 Å². The third-order valence-corrected chi connectivity index (χ3v) is 4.03. The van der Waals surface area contributed by atoms with Gasteiger partial charge in [-0.3, -0.25) is 4.55 Å². The van der Waals surface area contributed by atoms with Crippen LogP contribution in [-0.2, 0) is 26.8 Å². The molecule has 0 amide bonds. The van der Waals surface area contributed by atoms with Crippen molar-refractivity contribution in [2.24, 2.45) is 0 Å². The van der Waals surface area contributed by atoms with Crippen LogP contribution in [0.1, 0.15) is 18.9 Å². The molecule has 0 aliphatic heterocycles. The lowest BCUT2D eigenvalue weighted by molar-refractivity contribution is -0.499. The van der Waals surface area contributed by atoms with Crippen LogP contribution < -0.4 is 5.73 Å². The monoisotopic (exact) mass is 391 g/mol. The van der Waals surface area contributed by atoms with E-state index < -0.39 is 38.1 Å². The van der Waals surface area contributed by atoms with Crippen LogP contribution in [0.2, 0.25) is 0 Å². The van der Waals surface area contributed by atoms with Crippen molar-refractivity contribution in [3.63, 3.8) is 0 Å². The number of nitrogens with two attached hydrogens (primary N) is 1. The number of para-hydroxylation sites is 1. The SMILES string of the molecule is CCC[N+](CCS(=O)(=O)O)=S(=O)=O.Nc1ccccc1C(F)(F)F. The predicted molar refractivity (Wildman–Crippen MR) is 81.5 cm³/mol. The predicted octanol–water partition coefficient (Wildman–Crippen LogP) is 1.65. The minimum Gasteiger partial charge on any atom is -0.398 e. The van der Waals surface area contributed by atoms with Crippen LogP contribution >= 0.6 is 0 Å². The molecule has 0 aliphatic rings. The van der Waals surface area contributed by atoms with E-state index in [1.54, 1.807) is 6.92 Å². The third kappa shape index (κ3) is 9.47. The third-order valence-electron chi connectivity index (χ3n) is 2.55. The van der Waals surface area contributed by atoms with E-state index in [4.69, 9.17) is 10.3 Å². The summed E-state index contributed by atoms with van der Waals surface area (Å²) in [6, 6.07) is 4.95. The number of alkyl halides is 3. The van der Waals surface area contributed by atoms with Gasteiger partial charge in [0, 0.05) is 12.1 Å². The van der Waals surface area contributed by atoms with Crippen molar-refractivity contribution in [1.29, 1.82) is 0 Å². The van der Waals surface area contributed by atoms with Crippen molar-refractivity contribution >= 4 is 26.3 Å². The first kappa shape index (κ1) is 22.3. The Hall–Kier alpha value is -1.66. The van der Waals surface area contributed by atoms with Gasteiger partial charge in [-0.15, -0.1) is 12.4 Å². The molecule has 138 valence electrons. The Labute approximate surface area is 139 Å². The number of hydrogen-bond acceptors (Lipinski definition) is 5. The molecule has 0 heterocycles. The van der Waals surface area contributed by atoms with Gasteiger partial charge in [0.25, 0.3) is 10.1 Å². The molecule has 24 heavy (non-hydrogen) atoms. The topological polar surface area (TPSA) is 118 Å². The molecule has 1 aromatic carbocycles. The second-order valence-electron chi connectivity index (χ2n) is 4.52. The molecule has 0 saturated carbocycles. The lowest BCUT2D eigenvalue weighted by Gasteiger charge is -2.07. The number of anilines is 1. The smallest absolute Gasteiger partial charge is 0.398 e. The van der Waals surface area contributed by atoms with E-state index in [1.165, 1.54) is 18.2 Å². The molecule has 7 nitrogen and oxygen atoms in total. The van der Waals surface area contributed by atoms with Gasteiger partial charge in [-0.05, 0) is 12.1 Å². The van der Waals surface area contributed by atoms with Gasteiger partial charge in [0.1, 0.15) is 5.75 Å². The summed E-state index contributed by atoms with van der Waals surface area (Å²) in [6.07, 6.45) is -3.75. The standard InChI is InChI=1S/C7H6F3N.C5H11NO5S2/c8-7(9,10)5-3-1-2-4-6(5)11;1-2-3-6(12(7)8)4-5-13(9,10)11/h1-4H,11H2;2-5H2,1H3/p+1. The molecule has 0 fully saturated rings. The molecule has 3 N–H and O–H groups in total. The van der Waals surface area contributed by atoms with Crippen LogP contribution in [0, 0.1) is 0 Å². The first-order valence-corrected chi connectivity index (χ1v) is 9.23. The van der Waals surface area contributed by atoms with E-state index in [9.17, 15) is 30.0 Å². The highest BCUT2D eigenvalue weighted by Gasteiger charge is 2.32. The fourth-order valence-corrected chi connectivity index (χ4v) is 2.62. The molecule has 0 atom stereocenters. The van der Waals surface area contributed by atoms with Crippen LogP contribution in [0.25, 0.3) is 0 Å². The molecule has 0 bridgehead atoms. The van der Waals surface area contributed by atoms with Gasteiger partial charge >= 0.3 is 16.7 Å². The minimum atomic E-state index is -4.34. The fourth-order valence-electron chi connectivity index (χ4n) is 1.48. The average Bonchev–Trinajstić information content (AvgIpc) is 2.42. The van der Waals surface area contributed by atoms with Gasteiger partial charge < -0.3 is 5.73 Å². The van der Waals surface area contributed by atoms with Crippen molar-refractivity contribution in [2.75, 3.05) is 24.6 Å². The molecule has 0 spiro atoms. The van der Waals surface area contributed by atoms with E-state index in [2.05, 4.69) is 0 Å². The zero-order valence-corrected chi connectivity index (χ0v) is 14.3. The summed E-state index contributed by atoms with van der Waals surface area (Å²) in [5.74, 6) is -0.568. The van der Waals surface area contributed by atoms with Gasteiger partial charge in [0.2, 0.25) is 0 Å². The van der Waals surface area contributed by atoms with Gasteiger partial charge in [0.15, 0.2) is 13.1 Å². The van der Waals surface area contributed by atoms with Crippen LogP contribution in [0.4, 0.5) is 18.9 Å². The fraction of sp³-hybridized carbons (Fsp3) is 0.500. The zero-order valence-electron chi connectivity index (χ0n) is 12.7. The normalized spacial score (nSPS) is 11.4. The molecule has 0 unspecified atom stereocenters. The molecule has 0 radical (unpaired) electrons. The lowest BCUT2D eigenvalue weighted by atomic mass is 10.2. The first-order chi connectivity index (χ1) is 10.9. The zero-order chi connectivity index (χ0) is 19.0. The van der Waals surface area contributed by atoms with Gasteiger partial charge in [0.05, 0.1) is 5.56 Å². The molecule has 1 aromatic rings. The minimum absolute atomic E-state index is 0.206. The Morgan fingerprint density at radius 2 is 1.75 bits per heavy atom. The van der Waals surface area contributed by atoms with E-state index in [0.717, 1.165) is 10.0 Å². The van der Waals surface area contributed by atoms with E-state index >= 15 is 0 Å². The van der Waals surface area contributed by atoms with Crippen LogP contribution in [0.3, 0.4) is 0 Å². The summed E-state index contributed by atoms with van der Waals surface area (Å²) in [7, 11) is -6.52. The second-order valence-corrected chi connectivity index (χ2v) is 7.04. The summed E-state index contributed by atoms with van der Waals surface area (Å²) in [4.78, 5) is 0. The number of nitrogens with zero attached hydrogens (tertiary/aromatic N) is 1. The lowest BCUT2D eigenvalue weighted by Crippen LogP contribution is -2.21. The Bertz CT molecular complexity index is 766. The van der Waals surface area contributed by atoms with Crippen LogP contribution in [0.15, 0.2) is 24.3 Å². The Kier molecular flexibility index (Phi) is 8.93. The van der Waals surface area contributed by atoms with E-state index in [-0.39, 0.29) is 18.8 Å². The number of rotatable bonds is 5. The quantitative estimate of drug-likeness (QED) is 0.448. The highest BCUT2D eigenvalue weighted by Crippen LogP contribution is 2.32. The summed E-state index contributed by atoms with van der Waals surface area (Å²) < 4.78 is 86.7. The number of hydrogen-bond donors (Lipinski definition) is 2. The second kappa shape index (κ2) is 9.59. The highest BCUT2D eigenvalue weighted by atomic mass is 32.2. The molecule has 0 aromatic heterocycles.